The maximum Gasteiger partial charge on any atom is 0.131 e. The molecule has 0 saturated heterocycles. The smallest absolute Gasteiger partial charge is 0.131 e. The van der Waals surface area contributed by atoms with E-state index in [9.17, 15) is 0 Å². The van der Waals surface area contributed by atoms with E-state index >= 15 is 0 Å². The zero-order chi connectivity index (χ0) is 8.97. The first-order chi connectivity index (χ1) is 5.75. The van der Waals surface area contributed by atoms with Crippen molar-refractivity contribution in [1.82, 2.24) is 4.98 Å². The van der Waals surface area contributed by atoms with Gasteiger partial charge in [-0.25, -0.2) is 4.98 Å². The highest BCUT2D eigenvalue weighted by molar-refractivity contribution is 9.09. The number of aryl methyl sites for hydroxylation is 1. The molecule has 2 nitrogen and oxygen atoms in total. The molecule has 12 heavy (non-hydrogen) atoms. The van der Waals surface area contributed by atoms with Crippen molar-refractivity contribution in [2.24, 2.45) is 0 Å². The molecule has 0 bridgehead atoms. The maximum atomic E-state index is 4.30. The summed E-state index contributed by atoms with van der Waals surface area (Å²) in [5.41, 5.74) is 1.22. The van der Waals surface area contributed by atoms with Gasteiger partial charge >= 0.3 is 0 Å². The fourth-order valence-corrected chi connectivity index (χ4v) is 1.64. The molecule has 0 aliphatic carbocycles. The minimum absolute atomic E-state index is 0.972. The first-order valence-electron chi connectivity index (χ1n) is 3.94. The Morgan fingerprint density at radius 1 is 1.58 bits per heavy atom. The molecule has 0 atom stereocenters. The fourth-order valence-electron chi connectivity index (χ4n) is 1.11. The number of alkyl halides is 1. The van der Waals surface area contributed by atoms with E-state index in [0.717, 1.165) is 17.7 Å². The van der Waals surface area contributed by atoms with Gasteiger partial charge < -0.3 is 4.90 Å². The topological polar surface area (TPSA) is 16.1 Å². The first kappa shape index (κ1) is 9.52. The molecule has 3 heteroatoms. The number of halogens is 1. The van der Waals surface area contributed by atoms with Crippen molar-refractivity contribution in [3.05, 3.63) is 23.9 Å². The average molecular weight is 229 g/mol. The molecule has 0 radical (unpaired) electrons. The van der Waals surface area contributed by atoms with Crippen molar-refractivity contribution in [1.29, 1.82) is 0 Å². The van der Waals surface area contributed by atoms with E-state index in [1.165, 1.54) is 5.56 Å². The lowest BCUT2D eigenvalue weighted by Gasteiger charge is -2.18. The highest BCUT2D eigenvalue weighted by Gasteiger charge is 2.02. The number of nitrogens with zero attached hydrogens (tertiary/aromatic N) is 2. The van der Waals surface area contributed by atoms with E-state index in [2.05, 4.69) is 45.9 Å². The molecule has 0 aromatic carbocycles. The van der Waals surface area contributed by atoms with Gasteiger partial charge in [0.05, 0.1) is 0 Å². The van der Waals surface area contributed by atoms with Crippen LogP contribution in [-0.2, 0) is 0 Å². The molecule has 0 saturated carbocycles. The molecule has 0 unspecified atom stereocenters. The second-order valence-electron chi connectivity index (χ2n) is 2.75. The Hall–Kier alpha value is -0.570. The summed E-state index contributed by atoms with van der Waals surface area (Å²) >= 11 is 3.40. The molecule has 1 aromatic heterocycles. The molecular weight excluding hydrogens is 216 g/mol. The predicted molar refractivity (Wildman–Crippen MR) is 56.0 cm³/mol. The molecule has 0 N–H and O–H groups in total. The van der Waals surface area contributed by atoms with E-state index in [0.29, 0.717) is 0 Å². The SMILES string of the molecule is Cc1cccnc1N(C)CCBr. The summed E-state index contributed by atoms with van der Waals surface area (Å²) in [5.74, 6) is 1.07. The fraction of sp³-hybridized carbons (Fsp3) is 0.444. The van der Waals surface area contributed by atoms with Crippen molar-refractivity contribution < 1.29 is 0 Å². The summed E-state index contributed by atoms with van der Waals surface area (Å²) in [6.45, 7) is 3.06. The number of anilines is 1. The Bertz CT molecular complexity index is 250. The standard InChI is InChI=1S/C9H13BrN2/c1-8-4-3-6-11-9(8)12(2)7-5-10/h3-4,6H,5,7H2,1-2H3. The summed E-state index contributed by atoms with van der Waals surface area (Å²) in [5, 5.41) is 0.972. The van der Waals surface area contributed by atoms with Gasteiger partial charge in [0.1, 0.15) is 5.82 Å². The van der Waals surface area contributed by atoms with Gasteiger partial charge in [-0.15, -0.1) is 0 Å². The zero-order valence-corrected chi connectivity index (χ0v) is 9.00. The third-order valence-corrected chi connectivity index (χ3v) is 2.12. The second-order valence-corrected chi connectivity index (χ2v) is 3.55. The second kappa shape index (κ2) is 4.45. The molecule has 1 aromatic rings. The van der Waals surface area contributed by atoms with Crippen molar-refractivity contribution in [3.63, 3.8) is 0 Å². The minimum atomic E-state index is 0.972. The van der Waals surface area contributed by atoms with Crippen LogP contribution in [0, 0.1) is 6.92 Å². The Labute approximate surface area is 81.7 Å². The summed E-state index contributed by atoms with van der Waals surface area (Å²) < 4.78 is 0. The number of pyridine rings is 1. The predicted octanol–water partition coefficient (Wildman–Crippen LogP) is 2.22. The van der Waals surface area contributed by atoms with Crippen LogP contribution in [0.15, 0.2) is 18.3 Å². The molecule has 0 aliphatic rings. The normalized spacial score (nSPS) is 9.92. The van der Waals surface area contributed by atoms with Crippen LogP contribution in [0.4, 0.5) is 5.82 Å². The third kappa shape index (κ3) is 2.21. The molecule has 1 rings (SSSR count). The van der Waals surface area contributed by atoms with Crippen LogP contribution >= 0.6 is 15.9 Å². The van der Waals surface area contributed by atoms with Crippen LogP contribution in [0.1, 0.15) is 5.56 Å². The highest BCUT2D eigenvalue weighted by Crippen LogP contribution is 2.13. The summed E-state index contributed by atoms with van der Waals surface area (Å²) in [4.78, 5) is 6.44. The molecule has 0 aliphatic heterocycles. The van der Waals surface area contributed by atoms with Crippen LogP contribution in [0.3, 0.4) is 0 Å². The van der Waals surface area contributed by atoms with Crippen LogP contribution in [-0.4, -0.2) is 23.9 Å². The number of rotatable bonds is 3. The van der Waals surface area contributed by atoms with Gasteiger partial charge in [0, 0.05) is 25.1 Å². The van der Waals surface area contributed by atoms with Crippen LogP contribution in [0.2, 0.25) is 0 Å². The number of aromatic nitrogens is 1. The van der Waals surface area contributed by atoms with Crippen molar-refractivity contribution >= 4 is 21.7 Å². The largest absolute Gasteiger partial charge is 0.359 e. The summed E-state index contributed by atoms with van der Waals surface area (Å²) in [6, 6.07) is 4.04. The Morgan fingerprint density at radius 2 is 2.33 bits per heavy atom. The van der Waals surface area contributed by atoms with Gasteiger partial charge in [-0.05, 0) is 18.6 Å². The zero-order valence-electron chi connectivity index (χ0n) is 7.42. The molecule has 0 amide bonds. The van der Waals surface area contributed by atoms with E-state index in [1.807, 2.05) is 12.3 Å². The average Bonchev–Trinajstić information content (AvgIpc) is 2.05. The van der Waals surface area contributed by atoms with Crippen LogP contribution in [0.5, 0.6) is 0 Å². The third-order valence-electron chi connectivity index (χ3n) is 1.76. The monoisotopic (exact) mass is 228 g/mol. The molecular formula is C9H13BrN2. The first-order valence-corrected chi connectivity index (χ1v) is 5.06. The van der Waals surface area contributed by atoms with Crippen LogP contribution < -0.4 is 4.90 Å². The summed E-state index contributed by atoms with van der Waals surface area (Å²) in [7, 11) is 2.05. The summed E-state index contributed by atoms with van der Waals surface area (Å²) in [6.07, 6.45) is 1.83. The lowest BCUT2D eigenvalue weighted by Crippen LogP contribution is -2.21. The van der Waals surface area contributed by atoms with E-state index in [-0.39, 0.29) is 0 Å². The van der Waals surface area contributed by atoms with E-state index in [4.69, 9.17) is 0 Å². The number of hydrogen-bond donors (Lipinski definition) is 0. The Kier molecular flexibility index (Phi) is 3.53. The van der Waals surface area contributed by atoms with Crippen molar-refractivity contribution in [2.75, 3.05) is 23.8 Å². The highest BCUT2D eigenvalue weighted by atomic mass is 79.9. The molecule has 66 valence electrons. The van der Waals surface area contributed by atoms with Gasteiger partial charge in [0.25, 0.3) is 0 Å². The lowest BCUT2D eigenvalue weighted by atomic mass is 10.3. The van der Waals surface area contributed by atoms with Crippen molar-refractivity contribution in [3.8, 4) is 0 Å². The van der Waals surface area contributed by atoms with Crippen LogP contribution in [0.25, 0.3) is 0 Å². The van der Waals surface area contributed by atoms with E-state index < -0.39 is 0 Å². The van der Waals surface area contributed by atoms with Crippen molar-refractivity contribution in [2.45, 2.75) is 6.92 Å². The Balaban J connectivity index is 2.79. The van der Waals surface area contributed by atoms with Gasteiger partial charge in [0.2, 0.25) is 0 Å². The van der Waals surface area contributed by atoms with Gasteiger partial charge in [-0.1, -0.05) is 22.0 Å². The number of hydrogen-bond acceptors (Lipinski definition) is 2. The maximum absolute atomic E-state index is 4.30. The molecule has 0 fully saturated rings. The quantitative estimate of drug-likeness (QED) is 0.739. The van der Waals surface area contributed by atoms with E-state index in [1.54, 1.807) is 0 Å². The van der Waals surface area contributed by atoms with Gasteiger partial charge in [-0.3, -0.25) is 0 Å². The lowest BCUT2D eigenvalue weighted by molar-refractivity contribution is 0.941. The minimum Gasteiger partial charge on any atom is -0.359 e. The Morgan fingerprint density at radius 3 is 2.92 bits per heavy atom. The van der Waals surface area contributed by atoms with Gasteiger partial charge in [-0.2, -0.15) is 0 Å². The molecule has 1 heterocycles. The van der Waals surface area contributed by atoms with Gasteiger partial charge in [0.15, 0.2) is 0 Å². The molecule has 0 spiro atoms.